The summed E-state index contributed by atoms with van der Waals surface area (Å²) in [4.78, 5) is 0. The minimum atomic E-state index is -2.24. The summed E-state index contributed by atoms with van der Waals surface area (Å²) in [7, 11) is 0. The van der Waals surface area contributed by atoms with Gasteiger partial charge in [0.05, 0.1) is 0 Å². The normalized spacial score (nSPS) is 10.6. The summed E-state index contributed by atoms with van der Waals surface area (Å²) in [5.41, 5.74) is 0. The molecule has 0 saturated heterocycles. The Balaban J connectivity index is 2.48. The second-order valence-electron chi connectivity index (χ2n) is 3.46. The molecule has 2 aromatic rings. The van der Waals surface area contributed by atoms with E-state index >= 15 is 0 Å². The average Bonchev–Trinajstić information content (AvgIpc) is 2.41. The largest absolute Gasteiger partial charge is 0.451 e. The maximum atomic E-state index is 13.3. The van der Waals surface area contributed by atoms with Gasteiger partial charge in [0.25, 0.3) is 0 Å². The van der Waals surface area contributed by atoms with Gasteiger partial charge in [0.15, 0.2) is 0 Å². The molecule has 0 heterocycles. The highest BCUT2D eigenvalue weighted by Crippen LogP contribution is 2.32. The van der Waals surface area contributed by atoms with Crippen LogP contribution in [0.3, 0.4) is 0 Å². The standard InChI is InChI=1S/C12H4ClF5O/c13-5-1-3-6(4-2-5)19-12-10(17)8(15)7(14)9(16)11(12)18/h1-4H. The van der Waals surface area contributed by atoms with Crippen molar-refractivity contribution < 1.29 is 26.7 Å². The number of ether oxygens (including phenoxy) is 1. The van der Waals surface area contributed by atoms with Crippen molar-refractivity contribution in [1.29, 1.82) is 0 Å². The molecule has 0 spiro atoms. The van der Waals surface area contributed by atoms with E-state index in [1.807, 2.05) is 0 Å². The molecule has 0 aliphatic rings. The summed E-state index contributed by atoms with van der Waals surface area (Å²) in [5.74, 6) is -11.9. The first-order valence-electron chi connectivity index (χ1n) is 4.86. The van der Waals surface area contributed by atoms with Crippen molar-refractivity contribution in [2.45, 2.75) is 0 Å². The summed E-state index contributed by atoms with van der Waals surface area (Å²) in [5, 5.41) is 0.324. The van der Waals surface area contributed by atoms with Crippen molar-refractivity contribution in [3.8, 4) is 11.5 Å². The van der Waals surface area contributed by atoms with Crippen LogP contribution in [0.25, 0.3) is 0 Å². The molecule has 0 saturated carbocycles. The molecule has 0 aliphatic carbocycles. The molecule has 0 N–H and O–H groups in total. The monoisotopic (exact) mass is 294 g/mol. The van der Waals surface area contributed by atoms with E-state index in [0.29, 0.717) is 5.02 Å². The van der Waals surface area contributed by atoms with Crippen molar-refractivity contribution in [2.75, 3.05) is 0 Å². The Morgan fingerprint density at radius 2 is 1.11 bits per heavy atom. The SMILES string of the molecule is Fc1c(F)c(F)c(Oc2ccc(Cl)cc2)c(F)c1F. The van der Waals surface area contributed by atoms with Crippen molar-refractivity contribution in [2.24, 2.45) is 0 Å². The molecule has 0 amide bonds. The van der Waals surface area contributed by atoms with E-state index in [4.69, 9.17) is 11.6 Å². The summed E-state index contributed by atoms with van der Waals surface area (Å²) < 4.78 is 69.9. The second-order valence-corrected chi connectivity index (χ2v) is 3.89. The number of hydrogen-bond donors (Lipinski definition) is 0. The van der Waals surface area contributed by atoms with Crippen LogP contribution in [0.1, 0.15) is 0 Å². The average molecular weight is 295 g/mol. The molecule has 2 rings (SSSR count). The van der Waals surface area contributed by atoms with Gasteiger partial charge in [0.2, 0.25) is 34.8 Å². The van der Waals surface area contributed by atoms with Gasteiger partial charge in [0.1, 0.15) is 5.75 Å². The Morgan fingerprint density at radius 3 is 1.58 bits per heavy atom. The first-order chi connectivity index (χ1) is 8.91. The van der Waals surface area contributed by atoms with Crippen molar-refractivity contribution >= 4 is 11.6 Å². The van der Waals surface area contributed by atoms with Crippen LogP contribution < -0.4 is 4.74 Å². The van der Waals surface area contributed by atoms with E-state index in [-0.39, 0.29) is 5.75 Å². The first kappa shape index (κ1) is 13.6. The lowest BCUT2D eigenvalue weighted by Gasteiger charge is -2.09. The zero-order valence-corrected chi connectivity index (χ0v) is 9.74. The predicted molar refractivity (Wildman–Crippen MR) is 57.8 cm³/mol. The fraction of sp³-hybridized carbons (Fsp3) is 0. The molecule has 0 aliphatic heterocycles. The smallest absolute Gasteiger partial charge is 0.207 e. The summed E-state index contributed by atoms with van der Waals surface area (Å²) in [6.07, 6.45) is 0. The molecule has 7 heteroatoms. The third kappa shape index (κ3) is 2.49. The Bertz CT molecular complexity index is 598. The van der Waals surface area contributed by atoms with Gasteiger partial charge >= 0.3 is 0 Å². The Kier molecular flexibility index (Phi) is 3.61. The molecule has 0 bridgehead atoms. The summed E-state index contributed by atoms with van der Waals surface area (Å²) in [6.45, 7) is 0. The molecular formula is C12H4ClF5O. The van der Waals surface area contributed by atoms with Crippen LogP contribution in [-0.2, 0) is 0 Å². The van der Waals surface area contributed by atoms with Crippen LogP contribution in [0, 0.1) is 29.1 Å². The molecule has 0 aromatic heterocycles. The highest BCUT2D eigenvalue weighted by molar-refractivity contribution is 6.30. The molecule has 100 valence electrons. The third-order valence-electron chi connectivity index (χ3n) is 2.20. The molecule has 19 heavy (non-hydrogen) atoms. The second kappa shape index (κ2) is 5.05. The topological polar surface area (TPSA) is 9.23 Å². The fourth-order valence-corrected chi connectivity index (χ4v) is 1.42. The molecule has 0 atom stereocenters. The molecule has 1 nitrogen and oxygen atoms in total. The maximum Gasteiger partial charge on any atom is 0.207 e. The Labute approximate surface area is 109 Å². The quantitative estimate of drug-likeness (QED) is 0.438. The number of hydrogen-bond acceptors (Lipinski definition) is 1. The van der Waals surface area contributed by atoms with Crippen LogP contribution >= 0.6 is 11.6 Å². The summed E-state index contributed by atoms with van der Waals surface area (Å²) in [6, 6.07) is 5.12. The van der Waals surface area contributed by atoms with E-state index in [9.17, 15) is 22.0 Å². The highest BCUT2D eigenvalue weighted by Gasteiger charge is 2.27. The third-order valence-corrected chi connectivity index (χ3v) is 2.46. The van der Waals surface area contributed by atoms with Crippen molar-refractivity contribution in [3.63, 3.8) is 0 Å². The number of rotatable bonds is 2. The van der Waals surface area contributed by atoms with E-state index < -0.39 is 34.8 Å². The molecule has 2 aromatic carbocycles. The number of benzene rings is 2. The van der Waals surface area contributed by atoms with Crippen molar-refractivity contribution in [1.82, 2.24) is 0 Å². The molecule has 0 unspecified atom stereocenters. The Morgan fingerprint density at radius 1 is 0.684 bits per heavy atom. The van der Waals surface area contributed by atoms with Gasteiger partial charge < -0.3 is 4.74 Å². The lowest BCUT2D eigenvalue weighted by Crippen LogP contribution is -2.04. The van der Waals surface area contributed by atoms with Crippen LogP contribution in [0.15, 0.2) is 24.3 Å². The maximum absolute atomic E-state index is 13.3. The van der Waals surface area contributed by atoms with E-state index in [1.165, 1.54) is 24.3 Å². The van der Waals surface area contributed by atoms with Crippen LogP contribution in [0.5, 0.6) is 11.5 Å². The molecule has 0 radical (unpaired) electrons. The van der Waals surface area contributed by atoms with Gasteiger partial charge in [-0.15, -0.1) is 0 Å². The van der Waals surface area contributed by atoms with Crippen LogP contribution in [0.2, 0.25) is 5.02 Å². The van der Waals surface area contributed by atoms with E-state index in [2.05, 4.69) is 4.74 Å². The highest BCUT2D eigenvalue weighted by atomic mass is 35.5. The minimum Gasteiger partial charge on any atom is -0.451 e. The molecule has 0 fully saturated rings. The van der Waals surface area contributed by atoms with Gasteiger partial charge in [-0.2, -0.15) is 8.78 Å². The zero-order valence-electron chi connectivity index (χ0n) is 8.99. The summed E-state index contributed by atoms with van der Waals surface area (Å²) >= 11 is 5.58. The van der Waals surface area contributed by atoms with Gasteiger partial charge in [-0.3, -0.25) is 0 Å². The fourth-order valence-electron chi connectivity index (χ4n) is 1.29. The van der Waals surface area contributed by atoms with Gasteiger partial charge in [-0.05, 0) is 24.3 Å². The predicted octanol–water partition coefficient (Wildman–Crippen LogP) is 4.83. The van der Waals surface area contributed by atoms with Crippen molar-refractivity contribution in [3.05, 3.63) is 58.4 Å². The van der Waals surface area contributed by atoms with Crippen LogP contribution in [0.4, 0.5) is 22.0 Å². The van der Waals surface area contributed by atoms with E-state index in [1.54, 1.807) is 0 Å². The minimum absolute atomic E-state index is 0.118. The number of halogens is 6. The zero-order chi connectivity index (χ0) is 14.2. The van der Waals surface area contributed by atoms with E-state index in [0.717, 1.165) is 0 Å². The molecular weight excluding hydrogens is 291 g/mol. The van der Waals surface area contributed by atoms with Crippen LogP contribution in [-0.4, -0.2) is 0 Å². The van der Waals surface area contributed by atoms with Gasteiger partial charge in [-0.25, -0.2) is 13.2 Å². The van der Waals surface area contributed by atoms with Gasteiger partial charge in [0, 0.05) is 5.02 Å². The lowest BCUT2D eigenvalue weighted by atomic mass is 10.2. The van der Waals surface area contributed by atoms with Gasteiger partial charge in [-0.1, -0.05) is 11.6 Å². The lowest BCUT2D eigenvalue weighted by molar-refractivity contribution is 0.332. The first-order valence-corrected chi connectivity index (χ1v) is 5.24. The Hall–Kier alpha value is -1.82.